The molecule has 0 bridgehead atoms. The summed E-state index contributed by atoms with van der Waals surface area (Å²) < 4.78 is 5.90. The van der Waals surface area contributed by atoms with Crippen molar-refractivity contribution in [1.82, 2.24) is 5.32 Å². The SMILES string of the molecule is COc1ccc(Br)c(CC(=O)N[C@H](CC(C)C)C(=O)O)c1. The van der Waals surface area contributed by atoms with Crippen LogP contribution < -0.4 is 10.1 Å². The molecule has 6 heteroatoms. The van der Waals surface area contributed by atoms with Gasteiger partial charge >= 0.3 is 5.97 Å². The summed E-state index contributed by atoms with van der Waals surface area (Å²) in [6.45, 7) is 3.83. The molecule has 0 heterocycles. The number of benzene rings is 1. The van der Waals surface area contributed by atoms with E-state index in [1.165, 1.54) is 0 Å². The minimum atomic E-state index is -1.01. The maximum atomic E-state index is 12.0. The van der Waals surface area contributed by atoms with Gasteiger partial charge in [-0.2, -0.15) is 0 Å². The largest absolute Gasteiger partial charge is 0.497 e. The van der Waals surface area contributed by atoms with Crippen LogP contribution >= 0.6 is 15.9 Å². The molecule has 0 aromatic heterocycles. The first-order valence-corrected chi connectivity index (χ1v) is 7.47. The van der Waals surface area contributed by atoms with Crippen LogP contribution in [0.4, 0.5) is 0 Å². The second-order valence-electron chi connectivity index (χ2n) is 5.22. The van der Waals surface area contributed by atoms with Crippen LogP contribution in [0.3, 0.4) is 0 Å². The van der Waals surface area contributed by atoms with Gasteiger partial charge in [-0.1, -0.05) is 29.8 Å². The Bertz CT molecular complexity index is 516. The van der Waals surface area contributed by atoms with E-state index in [0.29, 0.717) is 12.2 Å². The van der Waals surface area contributed by atoms with E-state index in [1.807, 2.05) is 13.8 Å². The Morgan fingerprint density at radius 1 is 1.38 bits per heavy atom. The summed E-state index contributed by atoms with van der Waals surface area (Å²) in [5.41, 5.74) is 0.750. The first-order chi connectivity index (χ1) is 9.83. The van der Waals surface area contributed by atoms with E-state index in [4.69, 9.17) is 9.84 Å². The van der Waals surface area contributed by atoms with Crippen molar-refractivity contribution in [2.75, 3.05) is 7.11 Å². The van der Waals surface area contributed by atoms with E-state index in [0.717, 1.165) is 10.0 Å². The Labute approximate surface area is 132 Å². The van der Waals surface area contributed by atoms with Crippen molar-refractivity contribution in [3.63, 3.8) is 0 Å². The van der Waals surface area contributed by atoms with Gasteiger partial charge in [0, 0.05) is 4.47 Å². The smallest absolute Gasteiger partial charge is 0.326 e. The highest BCUT2D eigenvalue weighted by atomic mass is 79.9. The molecule has 0 saturated carbocycles. The zero-order valence-electron chi connectivity index (χ0n) is 12.4. The number of aliphatic carboxylic acids is 1. The molecular weight excluding hydrogens is 338 g/mol. The second kappa shape index (κ2) is 8.02. The lowest BCUT2D eigenvalue weighted by Crippen LogP contribution is -2.42. The minimum Gasteiger partial charge on any atom is -0.497 e. The number of carboxylic acids is 1. The fourth-order valence-corrected chi connectivity index (χ4v) is 2.31. The minimum absolute atomic E-state index is 0.0969. The normalized spacial score (nSPS) is 12.0. The van der Waals surface area contributed by atoms with Crippen LogP contribution in [-0.2, 0) is 16.0 Å². The Morgan fingerprint density at radius 2 is 2.05 bits per heavy atom. The van der Waals surface area contributed by atoms with Crippen molar-refractivity contribution in [1.29, 1.82) is 0 Å². The lowest BCUT2D eigenvalue weighted by molar-refractivity contribution is -0.142. The van der Waals surface area contributed by atoms with Gasteiger partial charge in [-0.3, -0.25) is 4.79 Å². The van der Waals surface area contributed by atoms with Crippen LogP contribution in [0.5, 0.6) is 5.75 Å². The summed E-state index contributed by atoms with van der Waals surface area (Å²) in [5, 5.41) is 11.7. The van der Waals surface area contributed by atoms with Gasteiger partial charge in [0.1, 0.15) is 11.8 Å². The quantitative estimate of drug-likeness (QED) is 0.786. The van der Waals surface area contributed by atoms with Gasteiger partial charge < -0.3 is 15.2 Å². The first kappa shape index (κ1) is 17.5. The Balaban J connectivity index is 2.74. The number of carboxylic acid groups (broad SMARTS) is 1. The summed E-state index contributed by atoms with van der Waals surface area (Å²) in [6.07, 6.45) is 0.500. The Kier molecular flexibility index (Phi) is 6.68. The lowest BCUT2D eigenvalue weighted by Gasteiger charge is -2.16. The van der Waals surface area contributed by atoms with Gasteiger partial charge in [-0.15, -0.1) is 0 Å². The molecule has 0 aliphatic heterocycles. The average Bonchev–Trinajstić information content (AvgIpc) is 2.39. The number of amides is 1. The van der Waals surface area contributed by atoms with Crippen molar-refractivity contribution < 1.29 is 19.4 Å². The summed E-state index contributed by atoms with van der Waals surface area (Å²) in [7, 11) is 1.55. The van der Waals surface area contributed by atoms with Gasteiger partial charge in [0.25, 0.3) is 0 Å². The Hall–Kier alpha value is -1.56. The number of carbonyl (C=O) groups is 2. The molecular formula is C15H20BrNO4. The molecule has 5 nitrogen and oxygen atoms in total. The van der Waals surface area contributed by atoms with Crippen LogP contribution in [0.2, 0.25) is 0 Å². The molecule has 0 saturated heterocycles. The summed E-state index contributed by atoms with van der Waals surface area (Å²) in [4.78, 5) is 23.2. The molecule has 1 aromatic rings. The zero-order chi connectivity index (χ0) is 16.0. The third-order valence-corrected chi connectivity index (χ3v) is 3.72. The number of nitrogens with one attached hydrogen (secondary N) is 1. The number of carbonyl (C=O) groups excluding carboxylic acids is 1. The molecule has 2 N–H and O–H groups in total. The van der Waals surface area contributed by atoms with Gasteiger partial charge in [-0.05, 0) is 36.1 Å². The fourth-order valence-electron chi connectivity index (χ4n) is 1.92. The molecule has 21 heavy (non-hydrogen) atoms. The van der Waals surface area contributed by atoms with Crippen LogP contribution in [0.25, 0.3) is 0 Å². The van der Waals surface area contributed by atoms with Crippen molar-refractivity contribution in [2.24, 2.45) is 5.92 Å². The standard InChI is InChI=1S/C15H20BrNO4/c1-9(2)6-13(15(19)20)17-14(18)8-10-7-11(21-3)4-5-12(10)16/h4-5,7,9,13H,6,8H2,1-3H3,(H,17,18)(H,19,20)/t13-/m1/s1. The lowest BCUT2D eigenvalue weighted by atomic mass is 10.0. The highest BCUT2D eigenvalue weighted by Crippen LogP contribution is 2.23. The van der Waals surface area contributed by atoms with Gasteiger partial charge in [0.15, 0.2) is 0 Å². The van der Waals surface area contributed by atoms with E-state index in [-0.39, 0.29) is 18.2 Å². The maximum Gasteiger partial charge on any atom is 0.326 e. The first-order valence-electron chi connectivity index (χ1n) is 6.68. The van der Waals surface area contributed by atoms with E-state index in [1.54, 1.807) is 25.3 Å². The molecule has 1 atom stereocenters. The number of halogens is 1. The van der Waals surface area contributed by atoms with Crippen molar-refractivity contribution >= 4 is 27.8 Å². The maximum absolute atomic E-state index is 12.0. The molecule has 0 aliphatic rings. The zero-order valence-corrected chi connectivity index (χ0v) is 13.9. The number of ether oxygens (including phenoxy) is 1. The number of methoxy groups -OCH3 is 1. The molecule has 0 fully saturated rings. The van der Waals surface area contributed by atoms with Crippen molar-refractivity contribution in [2.45, 2.75) is 32.7 Å². The van der Waals surface area contributed by atoms with E-state index in [9.17, 15) is 9.59 Å². The molecule has 0 unspecified atom stereocenters. The summed E-state index contributed by atoms with van der Waals surface area (Å²) >= 11 is 3.37. The Morgan fingerprint density at radius 3 is 2.57 bits per heavy atom. The molecule has 0 aliphatic carbocycles. The molecule has 0 spiro atoms. The predicted octanol–water partition coefficient (Wildman–Crippen LogP) is 2.62. The van der Waals surface area contributed by atoms with Crippen LogP contribution in [-0.4, -0.2) is 30.1 Å². The summed E-state index contributed by atoms with van der Waals surface area (Å²) in [5.74, 6) is -0.494. The van der Waals surface area contributed by atoms with Crippen LogP contribution in [0, 0.1) is 5.92 Å². The van der Waals surface area contributed by atoms with E-state index < -0.39 is 12.0 Å². The topological polar surface area (TPSA) is 75.6 Å². The van der Waals surface area contributed by atoms with Crippen molar-refractivity contribution in [3.8, 4) is 5.75 Å². The van der Waals surface area contributed by atoms with Crippen LogP contribution in [0.1, 0.15) is 25.8 Å². The molecule has 1 rings (SSSR count). The highest BCUT2D eigenvalue weighted by Gasteiger charge is 2.21. The van der Waals surface area contributed by atoms with Crippen molar-refractivity contribution in [3.05, 3.63) is 28.2 Å². The van der Waals surface area contributed by atoms with Gasteiger partial charge in [-0.25, -0.2) is 4.79 Å². The third-order valence-electron chi connectivity index (χ3n) is 2.94. The molecule has 116 valence electrons. The van der Waals surface area contributed by atoms with Gasteiger partial charge in [0.2, 0.25) is 5.91 Å². The molecule has 1 amide bonds. The average molecular weight is 358 g/mol. The predicted molar refractivity (Wildman–Crippen MR) is 83.4 cm³/mol. The monoisotopic (exact) mass is 357 g/mol. The number of hydrogen-bond acceptors (Lipinski definition) is 3. The van der Waals surface area contributed by atoms with E-state index in [2.05, 4.69) is 21.2 Å². The summed E-state index contributed by atoms with van der Waals surface area (Å²) in [6, 6.07) is 4.47. The van der Waals surface area contributed by atoms with Gasteiger partial charge in [0.05, 0.1) is 13.5 Å². The second-order valence-corrected chi connectivity index (χ2v) is 6.08. The van der Waals surface area contributed by atoms with E-state index >= 15 is 0 Å². The molecule has 1 aromatic carbocycles. The highest BCUT2D eigenvalue weighted by molar-refractivity contribution is 9.10. The third kappa shape index (κ3) is 5.75. The number of hydrogen-bond donors (Lipinski definition) is 2. The molecule has 0 radical (unpaired) electrons. The number of rotatable bonds is 7. The van der Waals surface area contributed by atoms with Crippen LogP contribution in [0.15, 0.2) is 22.7 Å². The fraction of sp³-hybridized carbons (Fsp3) is 0.467.